The Balaban J connectivity index is 1.67. The Labute approximate surface area is 192 Å². The molecule has 12 heteroatoms. The summed E-state index contributed by atoms with van der Waals surface area (Å²) in [5.41, 5.74) is 1.25. The second-order valence-corrected chi connectivity index (χ2v) is 8.99. The second-order valence-electron chi connectivity index (χ2n) is 6.66. The first-order valence-electron chi connectivity index (χ1n) is 9.37. The van der Waals surface area contributed by atoms with Crippen molar-refractivity contribution in [3.05, 3.63) is 77.0 Å². The first-order chi connectivity index (χ1) is 15.9. The number of carbonyl (C=O) groups is 1. The van der Waals surface area contributed by atoms with Crippen LogP contribution in [0.5, 0.6) is 0 Å². The molecule has 3 aromatic carbocycles. The summed E-state index contributed by atoms with van der Waals surface area (Å²) in [5, 5.41) is 20.6. The third-order valence-electron chi connectivity index (χ3n) is 4.54. The summed E-state index contributed by atoms with van der Waals surface area (Å²) in [6.45, 7) is 0. The average Bonchev–Trinajstić information content (AvgIpc) is 3.34. The second kappa shape index (κ2) is 9.24. The molecule has 4 aromatic rings. The molecular weight excluding hydrogens is 464 g/mol. The fraction of sp³-hybridized carbons (Fsp3) is 0. The van der Waals surface area contributed by atoms with E-state index in [9.17, 15) is 17.8 Å². The van der Waals surface area contributed by atoms with Crippen LogP contribution in [0, 0.1) is 0 Å². The Hall–Kier alpha value is -4.00. The fourth-order valence-corrected chi connectivity index (χ4v) is 4.42. The van der Waals surface area contributed by atoms with Crippen molar-refractivity contribution < 1.29 is 17.8 Å². The predicted octanol–water partition coefficient (Wildman–Crippen LogP) is 5.77. The van der Waals surface area contributed by atoms with Gasteiger partial charge in [-0.25, -0.2) is 0 Å². The van der Waals surface area contributed by atoms with Crippen molar-refractivity contribution in [2.45, 2.75) is 4.90 Å². The van der Waals surface area contributed by atoms with E-state index in [1.54, 1.807) is 54.6 Å². The number of amides is 1. The van der Waals surface area contributed by atoms with Gasteiger partial charge in [0.05, 0.1) is 10.6 Å². The van der Waals surface area contributed by atoms with Gasteiger partial charge < -0.3 is 11.2 Å². The molecule has 1 amide bonds. The molecule has 0 bridgehead atoms. The van der Waals surface area contributed by atoms with E-state index in [2.05, 4.69) is 25.9 Å². The van der Waals surface area contributed by atoms with Crippen LogP contribution in [0.2, 0.25) is 0 Å². The van der Waals surface area contributed by atoms with E-state index in [0.717, 1.165) is 6.07 Å². The van der Waals surface area contributed by atoms with Crippen LogP contribution in [0.1, 0.15) is 9.67 Å². The molecule has 0 aliphatic carbocycles. The highest BCUT2D eigenvalue weighted by molar-refractivity contribution is 7.86. The maximum absolute atomic E-state index is 12.1. The Kier molecular flexibility index (Phi) is 6.22. The largest absolute Gasteiger partial charge is 0.321 e. The third-order valence-corrected chi connectivity index (χ3v) is 6.30. The summed E-state index contributed by atoms with van der Waals surface area (Å²) < 4.78 is 33.5. The topological polar surface area (TPSA) is 159 Å². The lowest BCUT2D eigenvalue weighted by Gasteiger charge is -2.08. The number of azo groups is 1. The number of carbonyl (C=O) groups excluding carboxylic acids is 1. The van der Waals surface area contributed by atoms with Crippen LogP contribution in [-0.2, 0) is 10.1 Å². The highest BCUT2D eigenvalue weighted by Crippen LogP contribution is 2.40. The van der Waals surface area contributed by atoms with Gasteiger partial charge in [0, 0.05) is 16.5 Å². The molecule has 0 aliphatic heterocycles. The molecule has 1 heterocycles. The van der Waals surface area contributed by atoms with Gasteiger partial charge in [-0.05, 0) is 41.8 Å². The van der Waals surface area contributed by atoms with Crippen LogP contribution in [0.15, 0.2) is 97.6 Å². The van der Waals surface area contributed by atoms with Gasteiger partial charge in [0.1, 0.15) is 16.3 Å². The van der Waals surface area contributed by atoms with E-state index in [4.69, 9.17) is 5.84 Å². The van der Waals surface area contributed by atoms with Gasteiger partial charge in [-0.1, -0.05) is 35.6 Å². The maximum atomic E-state index is 12.1. The predicted molar refractivity (Wildman–Crippen MR) is 125 cm³/mol. The molecule has 0 saturated carbocycles. The Bertz CT molecular complexity index is 1480. The Morgan fingerprint density at radius 1 is 0.939 bits per heavy atom. The molecule has 4 rings (SSSR count). The summed E-state index contributed by atoms with van der Waals surface area (Å²) in [6, 6.07) is 17.7. The zero-order chi connectivity index (χ0) is 23.4. The zero-order valence-corrected chi connectivity index (χ0v) is 18.4. The summed E-state index contributed by atoms with van der Waals surface area (Å²) in [5.74, 6) is 5.01. The molecule has 0 atom stereocenters. The lowest BCUT2D eigenvalue weighted by atomic mass is 10.1. The van der Waals surface area contributed by atoms with Crippen LogP contribution in [-0.4, -0.2) is 18.9 Å². The zero-order valence-electron chi connectivity index (χ0n) is 16.8. The summed E-state index contributed by atoms with van der Waals surface area (Å²) in [7, 11) is -4.55. The van der Waals surface area contributed by atoms with Gasteiger partial charge in [0.2, 0.25) is 0 Å². The number of nitrogens with one attached hydrogen (secondary N) is 1. The first-order valence-corrected chi connectivity index (χ1v) is 11.7. The number of fused-ring (bicyclic) bond motifs is 1. The van der Waals surface area contributed by atoms with E-state index in [-0.39, 0.29) is 27.6 Å². The lowest BCUT2D eigenvalue weighted by molar-refractivity contribution is 0.103. The normalized spacial score (nSPS) is 12.0. The molecule has 4 N–H and O–H groups in total. The molecule has 0 unspecified atom stereocenters. The number of nitrogens with zero attached hydrogens (tertiary/aromatic N) is 4. The molecule has 0 saturated heterocycles. The number of hydrogen-bond donors (Lipinski definition) is 3. The van der Waals surface area contributed by atoms with Crippen molar-refractivity contribution in [1.29, 1.82) is 0 Å². The van der Waals surface area contributed by atoms with Crippen LogP contribution in [0.25, 0.3) is 10.8 Å². The number of anilines is 1. The van der Waals surface area contributed by atoms with Crippen LogP contribution in [0.4, 0.5) is 22.7 Å². The maximum Gasteiger partial charge on any atom is 0.295 e. The average molecular weight is 481 g/mol. The highest BCUT2D eigenvalue weighted by Gasteiger charge is 2.20. The number of benzene rings is 3. The SMILES string of the molecule is NN=Nc1c(N=Nc2ccc(NC(=O)c3cccs3)cc2)cc(S(=O)(=O)O)c2ccccc12. The van der Waals surface area contributed by atoms with E-state index >= 15 is 0 Å². The van der Waals surface area contributed by atoms with Gasteiger partial charge in [-0.15, -0.1) is 21.6 Å². The van der Waals surface area contributed by atoms with Crippen molar-refractivity contribution in [3.63, 3.8) is 0 Å². The van der Waals surface area contributed by atoms with Gasteiger partial charge >= 0.3 is 0 Å². The van der Waals surface area contributed by atoms with Gasteiger partial charge in [0.15, 0.2) is 0 Å². The summed E-state index contributed by atoms with van der Waals surface area (Å²) in [6.07, 6.45) is 0. The van der Waals surface area contributed by atoms with Gasteiger partial charge in [-0.2, -0.15) is 13.5 Å². The van der Waals surface area contributed by atoms with Crippen LogP contribution >= 0.6 is 11.3 Å². The van der Waals surface area contributed by atoms with E-state index < -0.39 is 10.1 Å². The molecule has 0 fully saturated rings. The van der Waals surface area contributed by atoms with Crippen molar-refractivity contribution in [2.24, 2.45) is 26.4 Å². The van der Waals surface area contributed by atoms with E-state index in [0.29, 0.717) is 21.6 Å². The smallest absolute Gasteiger partial charge is 0.295 e. The molecular formula is C21H16N6O4S2. The minimum absolute atomic E-state index is 0.0469. The number of rotatable bonds is 6. The number of nitrogens with two attached hydrogens (primary N) is 1. The highest BCUT2D eigenvalue weighted by atomic mass is 32.2. The molecule has 0 radical (unpaired) electrons. The minimum Gasteiger partial charge on any atom is -0.321 e. The summed E-state index contributed by atoms with van der Waals surface area (Å²) >= 11 is 1.34. The minimum atomic E-state index is -4.55. The summed E-state index contributed by atoms with van der Waals surface area (Å²) in [4.78, 5) is 12.4. The van der Waals surface area contributed by atoms with Crippen molar-refractivity contribution in [2.75, 3.05) is 5.32 Å². The van der Waals surface area contributed by atoms with Gasteiger partial charge in [-0.3, -0.25) is 9.35 Å². The molecule has 10 nitrogen and oxygen atoms in total. The quantitative estimate of drug-likeness (QED) is 0.138. The Morgan fingerprint density at radius 3 is 2.30 bits per heavy atom. The first kappa shape index (κ1) is 22.2. The van der Waals surface area contributed by atoms with E-state index in [1.807, 2.05) is 5.38 Å². The molecule has 33 heavy (non-hydrogen) atoms. The third kappa shape index (κ3) is 4.92. The molecule has 0 aliphatic rings. The van der Waals surface area contributed by atoms with Crippen molar-refractivity contribution in [1.82, 2.24) is 0 Å². The van der Waals surface area contributed by atoms with E-state index in [1.165, 1.54) is 17.4 Å². The standard InChI is InChI=1S/C21H16N6O4S2/c22-27-26-20-16-5-2-1-4-15(16)19(33(29,30)31)12-17(20)25-24-14-9-7-13(8-10-14)23-21(28)18-6-3-11-32-18/h1-12H,(H2,22,26)(H,23,28)(H,29,30,31). The lowest BCUT2D eigenvalue weighted by Crippen LogP contribution is -2.09. The van der Waals surface area contributed by atoms with Crippen LogP contribution in [0.3, 0.4) is 0 Å². The molecule has 0 spiro atoms. The Morgan fingerprint density at radius 2 is 1.67 bits per heavy atom. The van der Waals surface area contributed by atoms with Crippen LogP contribution < -0.4 is 11.2 Å². The molecule has 1 aromatic heterocycles. The number of thiophene rings is 1. The fourth-order valence-electron chi connectivity index (χ4n) is 3.09. The molecule has 166 valence electrons. The van der Waals surface area contributed by atoms with Crippen molar-refractivity contribution in [3.8, 4) is 0 Å². The number of hydrogen-bond acceptors (Lipinski definition) is 8. The van der Waals surface area contributed by atoms with Gasteiger partial charge in [0.25, 0.3) is 16.0 Å². The van der Waals surface area contributed by atoms with Crippen molar-refractivity contribution >= 4 is 60.9 Å². The monoisotopic (exact) mass is 480 g/mol.